The zero-order valence-electron chi connectivity index (χ0n) is 14.3. The molecule has 4 heterocycles. The lowest BCUT2D eigenvalue weighted by atomic mass is 10.2. The summed E-state index contributed by atoms with van der Waals surface area (Å²) in [5.41, 5.74) is 2.87. The third kappa shape index (κ3) is 3.66. The third-order valence-corrected chi connectivity index (χ3v) is 5.72. The first-order valence-corrected chi connectivity index (χ1v) is 9.76. The van der Waals surface area contributed by atoms with Gasteiger partial charge in [0.25, 0.3) is 0 Å². The van der Waals surface area contributed by atoms with Gasteiger partial charge >= 0.3 is 0 Å². The smallest absolute Gasteiger partial charge is 0.214 e. The average Bonchev–Trinajstić information content (AvgIpc) is 3.32. The maximum Gasteiger partial charge on any atom is 0.214 e. The first kappa shape index (κ1) is 16.9. The maximum absolute atomic E-state index is 4.70. The van der Waals surface area contributed by atoms with E-state index in [9.17, 15) is 0 Å². The number of nitrogens with one attached hydrogen (secondary N) is 1. The Bertz CT molecular complexity index is 1010. The summed E-state index contributed by atoms with van der Waals surface area (Å²) in [6, 6.07) is 7.97. The third-order valence-electron chi connectivity index (χ3n) is 3.89. The van der Waals surface area contributed by atoms with E-state index in [-0.39, 0.29) is 0 Å². The molecule has 0 aliphatic heterocycles. The second kappa shape index (κ2) is 7.35. The van der Waals surface area contributed by atoms with Crippen molar-refractivity contribution in [1.29, 1.82) is 0 Å². The Morgan fingerprint density at radius 3 is 2.81 bits per heavy atom. The van der Waals surface area contributed by atoms with Gasteiger partial charge < -0.3 is 0 Å². The summed E-state index contributed by atoms with van der Waals surface area (Å²) in [5.74, 6) is 1.52. The Hall–Kier alpha value is -2.58. The molecule has 0 amide bonds. The zero-order chi connectivity index (χ0) is 17.9. The van der Waals surface area contributed by atoms with Crippen LogP contribution in [0.3, 0.4) is 0 Å². The highest BCUT2D eigenvalue weighted by molar-refractivity contribution is 7.99. The van der Waals surface area contributed by atoms with Crippen molar-refractivity contribution in [3.05, 3.63) is 64.0 Å². The minimum Gasteiger partial charge on any atom is -0.264 e. The molecule has 130 valence electrons. The summed E-state index contributed by atoms with van der Waals surface area (Å²) in [6.45, 7) is 4.01. The molecule has 26 heavy (non-hydrogen) atoms. The minimum atomic E-state index is 0.662. The van der Waals surface area contributed by atoms with Crippen molar-refractivity contribution in [1.82, 2.24) is 30.1 Å². The van der Waals surface area contributed by atoms with Crippen molar-refractivity contribution in [3.8, 4) is 11.4 Å². The number of hydrogen-bond acceptors (Lipinski definition) is 7. The lowest BCUT2D eigenvalue weighted by molar-refractivity contribution is 0.940. The van der Waals surface area contributed by atoms with Crippen LogP contribution in [0, 0.1) is 13.8 Å². The summed E-state index contributed by atoms with van der Waals surface area (Å²) in [7, 11) is 0. The van der Waals surface area contributed by atoms with Crippen molar-refractivity contribution in [2.24, 2.45) is 0 Å². The van der Waals surface area contributed by atoms with E-state index in [0.717, 1.165) is 34.1 Å². The van der Waals surface area contributed by atoms with Crippen molar-refractivity contribution < 1.29 is 0 Å². The molecular formula is C18H16N6S2. The second-order valence-electron chi connectivity index (χ2n) is 5.73. The number of hydrogen-bond donors (Lipinski definition) is 1. The molecule has 0 aromatic carbocycles. The summed E-state index contributed by atoms with van der Waals surface area (Å²) in [4.78, 5) is 19.3. The van der Waals surface area contributed by atoms with Crippen LogP contribution in [-0.2, 0) is 6.42 Å². The number of nitrogens with zero attached hydrogens (tertiary/aromatic N) is 5. The van der Waals surface area contributed by atoms with Gasteiger partial charge in [-0.05, 0) is 49.2 Å². The largest absolute Gasteiger partial charge is 0.264 e. The van der Waals surface area contributed by atoms with Crippen LogP contribution in [0.25, 0.3) is 11.4 Å². The topological polar surface area (TPSA) is 80.2 Å². The van der Waals surface area contributed by atoms with E-state index in [1.807, 2.05) is 32.0 Å². The van der Waals surface area contributed by atoms with Gasteiger partial charge in [-0.25, -0.2) is 15.0 Å². The van der Waals surface area contributed by atoms with Crippen molar-refractivity contribution in [2.75, 3.05) is 0 Å². The first-order chi connectivity index (χ1) is 12.7. The predicted molar refractivity (Wildman–Crippen MR) is 102 cm³/mol. The molecule has 0 spiro atoms. The molecule has 6 nitrogen and oxygen atoms in total. The van der Waals surface area contributed by atoms with Crippen LogP contribution in [0.5, 0.6) is 0 Å². The predicted octanol–water partition coefficient (Wildman–Crippen LogP) is 4.08. The lowest BCUT2D eigenvalue weighted by Crippen LogP contribution is -1.99. The van der Waals surface area contributed by atoms with Crippen LogP contribution in [0.15, 0.2) is 52.2 Å². The number of rotatable bonds is 5. The van der Waals surface area contributed by atoms with Crippen LogP contribution in [-0.4, -0.2) is 30.1 Å². The van der Waals surface area contributed by atoms with Crippen LogP contribution >= 0.6 is 23.1 Å². The maximum atomic E-state index is 4.70. The molecule has 1 N–H and O–H groups in total. The number of aromatic nitrogens is 6. The monoisotopic (exact) mass is 380 g/mol. The minimum absolute atomic E-state index is 0.662. The molecule has 0 atom stereocenters. The van der Waals surface area contributed by atoms with Gasteiger partial charge in [-0.2, -0.15) is 0 Å². The van der Waals surface area contributed by atoms with E-state index < -0.39 is 0 Å². The zero-order valence-corrected chi connectivity index (χ0v) is 15.9. The SMILES string of the molecule is Cc1nc(-c2cccnc2)nc(Sc2n[nH]c(Cc3cccs3)n2)c1C. The Morgan fingerprint density at radius 2 is 2.04 bits per heavy atom. The Kier molecular flexibility index (Phi) is 4.77. The number of aryl methyl sites for hydroxylation is 1. The van der Waals surface area contributed by atoms with E-state index in [1.165, 1.54) is 16.6 Å². The molecule has 0 saturated carbocycles. The van der Waals surface area contributed by atoms with Gasteiger partial charge in [0, 0.05) is 40.5 Å². The molecular weight excluding hydrogens is 364 g/mol. The van der Waals surface area contributed by atoms with Crippen LogP contribution < -0.4 is 0 Å². The molecule has 0 aliphatic carbocycles. The molecule has 4 aromatic heterocycles. The van der Waals surface area contributed by atoms with E-state index in [0.29, 0.717) is 11.0 Å². The Morgan fingerprint density at radius 1 is 1.12 bits per heavy atom. The van der Waals surface area contributed by atoms with Crippen molar-refractivity contribution in [2.45, 2.75) is 30.5 Å². The Balaban J connectivity index is 1.60. The van der Waals surface area contributed by atoms with E-state index in [2.05, 4.69) is 36.6 Å². The molecule has 4 aromatic rings. The summed E-state index contributed by atoms with van der Waals surface area (Å²) < 4.78 is 0. The highest BCUT2D eigenvalue weighted by Crippen LogP contribution is 2.29. The van der Waals surface area contributed by atoms with Gasteiger partial charge in [0.1, 0.15) is 10.9 Å². The van der Waals surface area contributed by atoms with Gasteiger partial charge in [-0.15, -0.1) is 16.4 Å². The number of H-pyrrole nitrogens is 1. The van der Waals surface area contributed by atoms with Gasteiger partial charge in [-0.3, -0.25) is 10.1 Å². The van der Waals surface area contributed by atoms with E-state index in [1.54, 1.807) is 23.7 Å². The highest BCUT2D eigenvalue weighted by Gasteiger charge is 2.14. The molecule has 8 heteroatoms. The molecule has 4 rings (SSSR count). The number of thiophene rings is 1. The fraction of sp³-hybridized carbons (Fsp3) is 0.167. The van der Waals surface area contributed by atoms with Gasteiger partial charge in [-0.1, -0.05) is 6.07 Å². The number of pyridine rings is 1. The summed E-state index contributed by atoms with van der Waals surface area (Å²) >= 11 is 3.16. The van der Waals surface area contributed by atoms with Gasteiger partial charge in [0.05, 0.1) is 0 Å². The number of aromatic amines is 1. The van der Waals surface area contributed by atoms with Gasteiger partial charge in [0.2, 0.25) is 5.16 Å². The van der Waals surface area contributed by atoms with Crippen LogP contribution in [0.4, 0.5) is 0 Å². The first-order valence-electron chi connectivity index (χ1n) is 8.06. The van der Waals surface area contributed by atoms with Gasteiger partial charge in [0.15, 0.2) is 5.82 Å². The molecule has 0 fully saturated rings. The standard InChI is InChI=1S/C18H16N6S2/c1-11-12(2)20-16(13-5-3-7-19-10-13)22-17(11)26-18-21-15(23-24-18)9-14-6-4-8-25-14/h3-8,10H,9H2,1-2H3,(H,21,23,24). The van der Waals surface area contributed by atoms with E-state index in [4.69, 9.17) is 4.98 Å². The average molecular weight is 381 g/mol. The van der Waals surface area contributed by atoms with Crippen LogP contribution in [0.2, 0.25) is 0 Å². The Labute approximate surface area is 159 Å². The highest BCUT2D eigenvalue weighted by atomic mass is 32.2. The summed E-state index contributed by atoms with van der Waals surface area (Å²) in [5, 5.41) is 10.9. The molecule has 0 saturated heterocycles. The normalized spacial score (nSPS) is 11.0. The molecule has 0 bridgehead atoms. The van der Waals surface area contributed by atoms with E-state index >= 15 is 0 Å². The quantitative estimate of drug-likeness (QED) is 0.526. The molecule has 0 aliphatic rings. The fourth-order valence-electron chi connectivity index (χ4n) is 2.39. The van der Waals surface area contributed by atoms with Crippen molar-refractivity contribution >= 4 is 23.1 Å². The van der Waals surface area contributed by atoms with Crippen LogP contribution in [0.1, 0.15) is 22.0 Å². The van der Waals surface area contributed by atoms with Crippen molar-refractivity contribution in [3.63, 3.8) is 0 Å². The second-order valence-corrected chi connectivity index (χ2v) is 7.72. The molecule has 0 unspecified atom stereocenters. The summed E-state index contributed by atoms with van der Waals surface area (Å²) in [6.07, 6.45) is 4.27. The fourth-order valence-corrected chi connectivity index (χ4v) is 3.96. The lowest BCUT2D eigenvalue weighted by Gasteiger charge is -2.08. The molecule has 0 radical (unpaired) electrons.